The van der Waals surface area contributed by atoms with Crippen LogP contribution in [0, 0.1) is 6.92 Å². The highest BCUT2D eigenvalue weighted by Gasteiger charge is 2.14. The van der Waals surface area contributed by atoms with Crippen molar-refractivity contribution in [2.45, 2.75) is 13.5 Å². The SMILES string of the molecule is Cc1nc(-c2cc(C(=O)NCc3ccn[nH]3)n(C)c2)cs1. The van der Waals surface area contributed by atoms with E-state index in [4.69, 9.17) is 0 Å². The number of carbonyl (C=O) groups excluding carboxylic acids is 1. The molecule has 0 aliphatic carbocycles. The Hall–Kier alpha value is -2.41. The molecular weight excluding hydrogens is 286 g/mol. The summed E-state index contributed by atoms with van der Waals surface area (Å²) in [4.78, 5) is 16.7. The Morgan fingerprint density at radius 2 is 2.38 bits per heavy atom. The van der Waals surface area contributed by atoms with E-state index in [1.165, 1.54) is 0 Å². The number of hydrogen-bond donors (Lipinski definition) is 2. The van der Waals surface area contributed by atoms with Crippen molar-refractivity contribution in [3.05, 3.63) is 46.3 Å². The van der Waals surface area contributed by atoms with Crippen molar-refractivity contribution >= 4 is 17.2 Å². The minimum absolute atomic E-state index is 0.120. The zero-order chi connectivity index (χ0) is 14.8. The fourth-order valence-electron chi connectivity index (χ4n) is 2.08. The van der Waals surface area contributed by atoms with Gasteiger partial charge in [-0.1, -0.05) is 0 Å². The Morgan fingerprint density at radius 1 is 1.52 bits per heavy atom. The summed E-state index contributed by atoms with van der Waals surface area (Å²) in [6, 6.07) is 3.69. The Morgan fingerprint density at radius 3 is 3.05 bits per heavy atom. The van der Waals surface area contributed by atoms with Gasteiger partial charge in [0.2, 0.25) is 0 Å². The maximum absolute atomic E-state index is 12.2. The van der Waals surface area contributed by atoms with Gasteiger partial charge in [0.05, 0.1) is 22.9 Å². The summed E-state index contributed by atoms with van der Waals surface area (Å²) in [5, 5.41) is 12.5. The van der Waals surface area contributed by atoms with Gasteiger partial charge in [0, 0.05) is 30.4 Å². The number of nitrogens with one attached hydrogen (secondary N) is 2. The highest BCUT2D eigenvalue weighted by molar-refractivity contribution is 7.09. The molecule has 3 aromatic rings. The molecule has 1 amide bonds. The van der Waals surface area contributed by atoms with E-state index in [9.17, 15) is 4.79 Å². The first kappa shape index (κ1) is 13.6. The molecule has 0 bridgehead atoms. The molecule has 0 spiro atoms. The summed E-state index contributed by atoms with van der Waals surface area (Å²) in [5.74, 6) is -0.120. The van der Waals surface area contributed by atoms with E-state index in [-0.39, 0.29) is 5.91 Å². The predicted octanol–water partition coefficient (Wildman–Crippen LogP) is 2.11. The third kappa shape index (κ3) is 2.87. The highest BCUT2D eigenvalue weighted by Crippen LogP contribution is 2.23. The normalized spacial score (nSPS) is 10.8. The number of amides is 1. The molecule has 0 radical (unpaired) electrons. The number of rotatable bonds is 4. The minimum Gasteiger partial charge on any atom is -0.346 e. The molecule has 0 saturated heterocycles. The lowest BCUT2D eigenvalue weighted by atomic mass is 10.2. The standard InChI is InChI=1S/C14H15N5OS/c1-9-17-12(8-21-9)10-5-13(19(2)7-10)14(20)15-6-11-3-4-16-18-11/h3-5,7-8H,6H2,1-2H3,(H,15,20)(H,16,18). The number of aryl methyl sites for hydroxylation is 2. The number of aromatic nitrogens is 4. The van der Waals surface area contributed by atoms with E-state index >= 15 is 0 Å². The summed E-state index contributed by atoms with van der Waals surface area (Å²) >= 11 is 1.60. The van der Waals surface area contributed by atoms with Crippen molar-refractivity contribution in [3.8, 4) is 11.3 Å². The zero-order valence-corrected chi connectivity index (χ0v) is 12.6. The molecule has 0 aromatic carbocycles. The number of carbonyl (C=O) groups is 1. The highest BCUT2D eigenvalue weighted by atomic mass is 32.1. The fourth-order valence-corrected chi connectivity index (χ4v) is 2.70. The second-order valence-electron chi connectivity index (χ2n) is 4.74. The van der Waals surface area contributed by atoms with Gasteiger partial charge in [0.1, 0.15) is 5.69 Å². The van der Waals surface area contributed by atoms with Crippen LogP contribution in [0.5, 0.6) is 0 Å². The molecule has 3 rings (SSSR count). The van der Waals surface area contributed by atoms with Crippen LogP contribution in [0.25, 0.3) is 11.3 Å². The first-order valence-electron chi connectivity index (χ1n) is 6.49. The molecule has 3 aromatic heterocycles. The van der Waals surface area contributed by atoms with E-state index < -0.39 is 0 Å². The number of nitrogens with zero attached hydrogens (tertiary/aromatic N) is 3. The van der Waals surface area contributed by atoms with Crippen molar-refractivity contribution < 1.29 is 4.79 Å². The average molecular weight is 301 g/mol. The molecule has 0 atom stereocenters. The van der Waals surface area contributed by atoms with Crippen LogP contribution in [-0.4, -0.2) is 25.7 Å². The molecule has 0 fully saturated rings. The lowest BCUT2D eigenvalue weighted by Crippen LogP contribution is -2.24. The zero-order valence-electron chi connectivity index (χ0n) is 11.8. The lowest BCUT2D eigenvalue weighted by molar-refractivity contribution is 0.0942. The summed E-state index contributed by atoms with van der Waals surface area (Å²) in [6.45, 7) is 2.39. The van der Waals surface area contributed by atoms with E-state index in [1.807, 2.05) is 42.2 Å². The van der Waals surface area contributed by atoms with Crippen LogP contribution in [0.3, 0.4) is 0 Å². The molecule has 21 heavy (non-hydrogen) atoms. The van der Waals surface area contributed by atoms with Gasteiger partial charge in [-0.05, 0) is 19.1 Å². The van der Waals surface area contributed by atoms with Crippen molar-refractivity contribution in [2.75, 3.05) is 0 Å². The largest absolute Gasteiger partial charge is 0.346 e. The predicted molar refractivity (Wildman–Crippen MR) is 81.0 cm³/mol. The molecule has 0 unspecified atom stereocenters. The van der Waals surface area contributed by atoms with Crippen LogP contribution in [0.4, 0.5) is 0 Å². The van der Waals surface area contributed by atoms with Crippen LogP contribution in [-0.2, 0) is 13.6 Å². The topological polar surface area (TPSA) is 75.6 Å². The molecule has 6 nitrogen and oxygen atoms in total. The third-order valence-electron chi connectivity index (χ3n) is 3.15. The maximum Gasteiger partial charge on any atom is 0.268 e. The molecule has 0 saturated carbocycles. The van der Waals surface area contributed by atoms with Crippen LogP contribution in [0.1, 0.15) is 21.2 Å². The van der Waals surface area contributed by atoms with E-state index in [1.54, 1.807) is 17.5 Å². The molecule has 7 heteroatoms. The van der Waals surface area contributed by atoms with E-state index in [0.717, 1.165) is 22.0 Å². The number of thiazole rings is 1. The van der Waals surface area contributed by atoms with Crippen molar-refractivity contribution in [1.82, 2.24) is 25.1 Å². The monoisotopic (exact) mass is 301 g/mol. The number of H-pyrrole nitrogens is 1. The molecular formula is C14H15N5OS. The Kier molecular flexibility index (Phi) is 3.57. The van der Waals surface area contributed by atoms with E-state index in [2.05, 4.69) is 20.5 Å². The van der Waals surface area contributed by atoms with Gasteiger partial charge in [-0.15, -0.1) is 11.3 Å². The van der Waals surface area contributed by atoms with E-state index in [0.29, 0.717) is 12.2 Å². The average Bonchev–Trinajstić information content (AvgIpc) is 3.16. The molecule has 108 valence electrons. The van der Waals surface area contributed by atoms with Crippen LogP contribution in [0.2, 0.25) is 0 Å². The number of hydrogen-bond acceptors (Lipinski definition) is 4. The van der Waals surface area contributed by atoms with Crippen LogP contribution in [0.15, 0.2) is 29.9 Å². The summed E-state index contributed by atoms with van der Waals surface area (Å²) in [7, 11) is 1.85. The molecule has 2 N–H and O–H groups in total. The van der Waals surface area contributed by atoms with Gasteiger partial charge in [-0.3, -0.25) is 9.89 Å². The van der Waals surface area contributed by atoms with Crippen molar-refractivity contribution in [2.24, 2.45) is 7.05 Å². The maximum atomic E-state index is 12.2. The Labute approximate surface area is 125 Å². The smallest absolute Gasteiger partial charge is 0.268 e. The lowest BCUT2D eigenvalue weighted by Gasteiger charge is -2.04. The van der Waals surface area contributed by atoms with Crippen LogP contribution < -0.4 is 5.32 Å². The van der Waals surface area contributed by atoms with Gasteiger partial charge in [0.15, 0.2) is 0 Å². The third-order valence-corrected chi connectivity index (χ3v) is 3.92. The quantitative estimate of drug-likeness (QED) is 0.775. The number of aromatic amines is 1. The minimum atomic E-state index is -0.120. The summed E-state index contributed by atoms with van der Waals surface area (Å²) < 4.78 is 1.81. The van der Waals surface area contributed by atoms with Gasteiger partial charge < -0.3 is 9.88 Å². The van der Waals surface area contributed by atoms with Gasteiger partial charge >= 0.3 is 0 Å². The van der Waals surface area contributed by atoms with Crippen molar-refractivity contribution in [1.29, 1.82) is 0 Å². The van der Waals surface area contributed by atoms with Gasteiger partial charge in [-0.2, -0.15) is 5.10 Å². The van der Waals surface area contributed by atoms with Crippen molar-refractivity contribution in [3.63, 3.8) is 0 Å². The molecule has 3 heterocycles. The first-order valence-corrected chi connectivity index (χ1v) is 7.37. The second kappa shape index (κ2) is 5.53. The fraction of sp³-hybridized carbons (Fsp3) is 0.214. The molecule has 0 aliphatic rings. The summed E-state index contributed by atoms with van der Waals surface area (Å²) in [6.07, 6.45) is 3.58. The van der Waals surface area contributed by atoms with Crippen LogP contribution >= 0.6 is 11.3 Å². The second-order valence-corrected chi connectivity index (χ2v) is 5.80. The Balaban J connectivity index is 1.76. The first-order chi connectivity index (χ1) is 10.1. The Bertz CT molecular complexity index is 756. The van der Waals surface area contributed by atoms with Gasteiger partial charge in [-0.25, -0.2) is 4.98 Å². The summed E-state index contributed by atoms with van der Waals surface area (Å²) in [5.41, 5.74) is 3.33. The van der Waals surface area contributed by atoms with Gasteiger partial charge in [0.25, 0.3) is 5.91 Å². The molecule has 0 aliphatic heterocycles.